The Hall–Kier alpha value is -2.45. The summed E-state index contributed by atoms with van der Waals surface area (Å²) in [5.74, 6) is 0.924. The lowest BCUT2D eigenvalue weighted by Crippen LogP contribution is -2.53. The normalized spacial score (nSPS) is 22.4. The monoisotopic (exact) mass is 450 g/mol. The molecule has 7 heteroatoms. The van der Waals surface area contributed by atoms with Gasteiger partial charge in [-0.1, -0.05) is 42.5 Å². The molecule has 0 unspecified atom stereocenters. The number of rotatable bonds is 6. The smallest absolute Gasteiger partial charge is 0.142 e. The molecule has 2 saturated heterocycles. The number of anilines is 1. The highest BCUT2D eigenvalue weighted by molar-refractivity contribution is 7.15. The van der Waals surface area contributed by atoms with E-state index in [2.05, 4.69) is 43.9 Å². The third-order valence-electron chi connectivity index (χ3n) is 6.50. The van der Waals surface area contributed by atoms with E-state index in [1.807, 2.05) is 36.5 Å². The summed E-state index contributed by atoms with van der Waals surface area (Å²) < 4.78 is 5.54. The molecule has 3 heterocycles. The van der Waals surface area contributed by atoms with Gasteiger partial charge >= 0.3 is 0 Å². The number of aliphatic hydroxyl groups excluding tert-OH is 1. The molecule has 0 spiro atoms. The zero-order valence-electron chi connectivity index (χ0n) is 18.4. The van der Waals surface area contributed by atoms with E-state index in [9.17, 15) is 5.11 Å². The summed E-state index contributed by atoms with van der Waals surface area (Å²) in [4.78, 5) is 13.1. The van der Waals surface area contributed by atoms with Crippen molar-refractivity contribution in [3.63, 3.8) is 0 Å². The van der Waals surface area contributed by atoms with Crippen molar-refractivity contribution in [3.05, 3.63) is 65.7 Å². The lowest BCUT2D eigenvalue weighted by molar-refractivity contribution is 0.0790. The second kappa shape index (κ2) is 9.58. The second-order valence-electron chi connectivity index (χ2n) is 8.52. The molecule has 0 aliphatic carbocycles. The van der Waals surface area contributed by atoms with E-state index in [0.717, 1.165) is 67.8 Å². The Bertz CT molecular complexity index is 1020. The van der Waals surface area contributed by atoms with E-state index in [-0.39, 0.29) is 12.1 Å². The van der Waals surface area contributed by atoms with E-state index in [1.54, 1.807) is 18.4 Å². The quantitative estimate of drug-likeness (QED) is 0.623. The average Bonchev–Trinajstić information content (AvgIpc) is 3.46. The Morgan fingerprint density at radius 2 is 1.75 bits per heavy atom. The van der Waals surface area contributed by atoms with Gasteiger partial charge in [0.15, 0.2) is 0 Å². The van der Waals surface area contributed by atoms with E-state index < -0.39 is 0 Å². The van der Waals surface area contributed by atoms with Crippen molar-refractivity contribution in [1.82, 2.24) is 14.8 Å². The summed E-state index contributed by atoms with van der Waals surface area (Å²) >= 11 is 1.75. The molecule has 1 aromatic heterocycles. The minimum absolute atomic E-state index is 0.191. The van der Waals surface area contributed by atoms with Gasteiger partial charge in [0.05, 0.1) is 18.9 Å². The minimum Gasteiger partial charge on any atom is -0.495 e. The molecule has 0 amide bonds. The third kappa shape index (κ3) is 4.52. The van der Waals surface area contributed by atoms with Crippen LogP contribution in [0.4, 0.5) is 5.69 Å². The molecular formula is C25H30N4O2S. The lowest BCUT2D eigenvalue weighted by atomic mass is 10.1. The summed E-state index contributed by atoms with van der Waals surface area (Å²) in [6, 6.07) is 18.7. The maximum atomic E-state index is 10.8. The number of para-hydroxylation sites is 2. The number of likely N-dealkylation sites (tertiary alicyclic amines) is 1. The molecule has 168 valence electrons. The average molecular weight is 451 g/mol. The van der Waals surface area contributed by atoms with Crippen molar-refractivity contribution >= 4 is 17.0 Å². The highest BCUT2D eigenvalue weighted by Gasteiger charge is 2.37. The lowest BCUT2D eigenvalue weighted by Gasteiger charge is -2.40. The third-order valence-corrected chi connectivity index (χ3v) is 7.53. The van der Waals surface area contributed by atoms with Gasteiger partial charge in [0.1, 0.15) is 10.8 Å². The van der Waals surface area contributed by atoms with E-state index >= 15 is 0 Å². The first-order chi connectivity index (χ1) is 15.7. The number of aromatic nitrogens is 1. The summed E-state index contributed by atoms with van der Waals surface area (Å²) in [6.07, 6.45) is 1.67. The van der Waals surface area contributed by atoms with Crippen LogP contribution in [0.1, 0.15) is 4.88 Å². The van der Waals surface area contributed by atoms with Gasteiger partial charge in [0.25, 0.3) is 0 Å². The predicted molar refractivity (Wildman–Crippen MR) is 129 cm³/mol. The SMILES string of the molecule is COc1ccccc1N1CCN([C@H]2CN(Cc3cnc(-c4ccccc4)s3)C[C@@H]2O)CC1. The molecule has 0 saturated carbocycles. The molecule has 1 N–H and O–H groups in total. The Morgan fingerprint density at radius 1 is 1.00 bits per heavy atom. The largest absolute Gasteiger partial charge is 0.495 e. The topological polar surface area (TPSA) is 52.1 Å². The van der Waals surface area contributed by atoms with Crippen LogP contribution in [-0.2, 0) is 6.54 Å². The van der Waals surface area contributed by atoms with Gasteiger partial charge in [-0.05, 0) is 12.1 Å². The van der Waals surface area contributed by atoms with Crippen molar-refractivity contribution < 1.29 is 9.84 Å². The van der Waals surface area contributed by atoms with Gasteiger partial charge in [-0.2, -0.15) is 0 Å². The molecule has 2 atom stereocenters. The first kappa shape index (κ1) is 21.4. The van der Waals surface area contributed by atoms with E-state index in [0.29, 0.717) is 0 Å². The maximum Gasteiger partial charge on any atom is 0.142 e. The highest BCUT2D eigenvalue weighted by Crippen LogP contribution is 2.30. The molecule has 6 nitrogen and oxygen atoms in total. The zero-order valence-corrected chi connectivity index (χ0v) is 19.2. The number of thiazole rings is 1. The second-order valence-corrected chi connectivity index (χ2v) is 9.64. The van der Waals surface area contributed by atoms with Crippen LogP contribution in [-0.4, -0.2) is 78.4 Å². The molecule has 0 bridgehead atoms. The zero-order chi connectivity index (χ0) is 21.9. The van der Waals surface area contributed by atoms with Crippen LogP contribution in [0.15, 0.2) is 60.8 Å². The van der Waals surface area contributed by atoms with E-state index in [4.69, 9.17) is 4.74 Å². The fourth-order valence-corrected chi connectivity index (χ4v) is 5.80. The van der Waals surface area contributed by atoms with Crippen LogP contribution in [0.3, 0.4) is 0 Å². The van der Waals surface area contributed by atoms with Gasteiger partial charge < -0.3 is 14.7 Å². The fraction of sp³-hybridized carbons (Fsp3) is 0.400. The van der Waals surface area contributed by atoms with Gasteiger partial charge in [0.2, 0.25) is 0 Å². The molecule has 2 fully saturated rings. The van der Waals surface area contributed by atoms with Crippen LogP contribution in [0.25, 0.3) is 10.6 Å². The molecule has 3 aromatic rings. The van der Waals surface area contributed by atoms with Crippen molar-refractivity contribution in [1.29, 1.82) is 0 Å². The van der Waals surface area contributed by atoms with Crippen LogP contribution >= 0.6 is 11.3 Å². The fourth-order valence-electron chi connectivity index (χ4n) is 4.84. The van der Waals surface area contributed by atoms with Gasteiger partial charge in [-0.25, -0.2) is 4.98 Å². The number of aliphatic hydroxyl groups is 1. The van der Waals surface area contributed by atoms with Gasteiger partial charge in [0, 0.05) is 68.5 Å². The molecule has 5 rings (SSSR count). The minimum atomic E-state index is -0.311. The standard InChI is InChI=1S/C25H30N4O2S/c1-31-24-10-6-5-9-21(24)28-11-13-29(14-12-28)22-17-27(18-23(22)30)16-20-15-26-25(32-20)19-7-3-2-4-8-19/h2-10,15,22-23,30H,11-14,16-18H2,1H3/t22-,23-/m0/s1. The van der Waals surface area contributed by atoms with Crippen LogP contribution in [0, 0.1) is 0 Å². The molecule has 2 aromatic carbocycles. The van der Waals surface area contributed by atoms with E-state index in [1.165, 1.54) is 4.88 Å². The number of benzene rings is 2. The predicted octanol–water partition coefficient (Wildman–Crippen LogP) is 3.19. The summed E-state index contributed by atoms with van der Waals surface area (Å²) in [7, 11) is 1.73. The number of ether oxygens (including phenoxy) is 1. The first-order valence-corrected chi connectivity index (χ1v) is 12.1. The van der Waals surface area contributed by atoms with Gasteiger partial charge in [-0.3, -0.25) is 9.80 Å². The Morgan fingerprint density at radius 3 is 2.53 bits per heavy atom. The number of methoxy groups -OCH3 is 1. The molecule has 2 aliphatic heterocycles. The number of hydrogen-bond acceptors (Lipinski definition) is 7. The van der Waals surface area contributed by atoms with Crippen LogP contribution < -0.4 is 9.64 Å². The maximum absolute atomic E-state index is 10.8. The van der Waals surface area contributed by atoms with Crippen molar-refractivity contribution in [2.75, 3.05) is 51.3 Å². The summed E-state index contributed by atoms with van der Waals surface area (Å²) in [5.41, 5.74) is 2.32. The van der Waals surface area contributed by atoms with Crippen LogP contribution in [0.5, 0.6) is 5.75 Å². The molecule has 0 radical (unpaired) electrons. The molecular weight excluding hydrogens is 420 g/mol. The van der Waals surface area contributed by atoms with Crippen LogP contribution in [0.2, 0.25) is 0 Å². The Kier molecular flexibility index (Phi) is 6.41. The molecule has 2 aliphatic rings. The number of hydrogen-bond donors (Lipinski definition) is 1. The Labute approximate surface area is 193 Å². The summed E-state index contributed by atoms with van der Waals surface area (Å²) in [6.45, 7) is 6.25. The molecule has 32 heavy (non-hydrogen) atoms. The van der Waals surface area contributed by atoms with Crippen molar-refractivity contribution in [2.24, 2.45) is 0 Å². The number of β-amino-alcohol motifs (C(OH)–C–C–N with tert-alkyl or cyclic N) is 1. The van der Waals surface area contributed by atoms with Crippen molar-refractivity contribution in [2.45, 2.75) is 18.7 Å². The highest BCUT2D eigenvalue weighted by atomic mass is 32.1. The van der Waals surface area contributed by atoms with Gasteiger partial charge in [-0.15, -0.1) is 11.3 Å². The first-order valence-electron chi connectivity index (χ1n) is 11.2. The number of piperazine rings is 1. The summed E-state index contributed by atoms with van der Waals surface area (Å²) in [5, 5.41) is 11.9. The van der Waals surface area contributed by atoms with Crippen molar-refractivity contribution in [3.8, 4) is 16.3 Å². The number of nitrogens with zero attached hydrogens (tertiary/aromatic N) is 4. The Balaban J connectivity index is 1.17.